The van der Waals surface area contributed by atoms with Crippen LogP contribution in [0.1, 0.15) is 16.1 Å². The monoisotopic (exact) mass is 291 g/mol. The molecule has 17 heavy (non-hydrogen) atoms. The van der Waals surface area contributed by atoms with Gasteiger partial charge in [0.25, 0.3) is 0 Å². The van der Waals surface area contributed by atoms with E-state index in [9.17, 15) is 4.79 Å². The summed E-state index contributed by atoms with van der Waals surface area (Å²) in [6.07, 6.45) is 0. The molecule has 6 heteroatoms. The summed E-state index contributed by atoms with van der Waals surface area (Å²) >= 11 is 18.0. The minimum absolute atomic E-state index is 0.181. The predicted molar refractivity (Wildman–Crippen MR) is 69.6 cm³/mol. The molecule has 3 nitrogen and oxygen atoms in total. The molecule has 0 spiro atoms. The van der Waals surface area contributed by atoms with Crippen LogP contribution in [0.4, 0.5) is 0 Å². The van der Waals surface area contributed by atoms with E-state index < -0.39 is 5.97 Å². The maximum atomic E-state index is 11.2. The van der Waals surface area contributed by atoms with E-state index in [0.717, 1.165) is 0 Å². The topological polar surface area (TPSA) is 42.2 Å². The van der Waals surface area contributed by atoms with Gasteiger partial charge in [0.2, 0.25) is 0 Å². The Balaban J connectivity index is 3.03. The van der Waals surface area contributed by atoms with Crippen molar-refractivity contribution in [2.75, 3.05) is 0 Å². The summed E-state index contributed by atoms with van der Waals surface area (Å²) in [7, 11) is 1.65. The van der Waals surface area contributed by atoms with E-state index >= 15 is 0 Å². The molecule has 1 heterocycles. The van der Waals surface area contributed by atoms with Crippen molar-refractivity contribution in [2.45, 2.75) is 6.92 Å². The van der Waals surface area contributed by atoms with E-state index in [2.05, 4.69) is 0 Å². The Labute approximate surface area is 112 Å². The van der Waals surface area contributed by atoms with Crippen LogP contribution in [0.3, 0.4) is 0 Å². The van der Waals surface area contributed by atoms with Crippen LogP contribution in [0.15, 0.2) is 6.07 Å². The van der Waals surface area contributed by atoms with Crippen molar-refractivity contribution in [3.8, 4) is 0 Å². The summed E-state index contributed by atoms with van der Waals surface area (Å²) in [6.45, 7) is 1.70. The minimum atomic E-state index is -1.01. The molecule has 0 aliphatic heterocycles. The van der Waals surface area contributed by atoms with E-state index in [0.29, 0.717) is 21.5 Å². The number of aromatic nitrogens is 1. The van der Waals surface area contributed by atoms with Gasteiger partial charge in [0.05, 0.1) is 20.6 Å². The smallest absolute Gasteiger partial charge is 0.352 e. The first kappa shape index (κ1) is 12.6. The van der Waals surface area contributed by atoms with Crippen LogP contribution in [0.2, 0.25) is 15.1 Å². The number of carbonyl (C=O) groups is 1. The quantitative estimate of drug-likeness (QED) is 0.802. The molecule has 0 unspecified atom stereocenters. The van der Waals surface area contributed by atoms with Crippen molar-refractivity contribution in [2.24, 2.45) is 7.05 Å². The molecule has 0 saturated carbocycles. The lowest BCUT2D eigenvalue weighted by atomic mass is 10.1. The zero-order chi connectivity index (χ0) is 12.9. The number of benzene rings is 1. The number of hydrogen-bond acceptors (Lipinski definition) is 1. The summed E-state index contributed by atoms with van der Waals surface area (Å²) in [5.41, 5.74) is 1.41. The zero-order valence-corrected chi connectivity index (χ0v) is 11.3. The molecule has 1 aromatic heterocycles. The second kappa shape index (κ2) is 4.09. The van der Waals surface area contributed by atoms with Crippen LogP contribution >= 0.6 is 34.8 Å². The van der Waals surface area contributed by atoms with Crippen molar-refractivity contribution in [3.05, 3.63) is 32.4 Å². The van der Waals surface area contributed by atoms with Gasteiger partial charge in [0, 0.05) is 12.4 Å². The number of carboxylic acid groups (broad SMARTS) is 1. The van der Waals surface area contributed by atoms with E-state index in [4.69, 9.17) is 39.9 Å². The molecule has 0 saturated heterocycles. The summed E-state index contributed by atoms with van der Waals surface area (Å²) < 4.78 is 1.54. The molecule has 90 valence electrons. The molecular weight excluding hydrogens is 284 g/mol. The minimum Gasteiger partial charge on any atom is -0.477 e. The third-order valence-electron chi connectivity index (χ3n) is 2.77. The lowest BCUT2D eigenvalue weighted by Gasteiger charge is -2.03. The summed E-state index contributed by atoms with van der Waals surface area (Å²) in [5.74, 6) is -1.01. The Kier molecular flexibility index (Phi) is 3.02. The van der Waals surface area contributed by atoms with Gasteiger partial charge in [-0.2, -0.15) is 0 Å². The van der Waals surface area contributed by atoms with Crippen LogP contribution in [0, 0.1) is 6.92 Å². The number of hydrogen-bond donors (Lipinski definition) is 1. The highest BCUT2D eigenvalue weighted by molar-refractivity contribution is 6.50. The SMILES string of the molecule is Cc1c(C(=O)O)n(C)c2cc(Cl)c(Cl)c(Cl)c12. The molecule has 1 aromatic carbocycles. The maximum absolute atomic E-state index is 11.2. The highest BCUT2D eigenvalue weighted by Gasteiger charge is 2.21. The van der Waals surface area contributed by atoms with Crippen LogP contribution in [-0.2, 0) is 7.05 Å². The fourth-order valence-electron chi connectivity index (χ4n) is 2.00. The Morgan fingerprint density at radius 3 is 2.41 bits per heavy atom. The van der Waals surface area contributed by atoms with E-state index in [1.54, 1.807) is 24.6 Å². The molecule has 0 bridgehead atoms. The van der Waals surface area contributed by atoms with Crippen molar-refractivity contribution >= 4 is 51.7 Å². The second-order valence-corrected chi connectivity index (χ2v) is 4.88. The molecule has 0 amide bonds. The second-order valence-electron chi connectivity index (χ2n) is 3.72. The van der Waals surface area contributed by atoms with Gasteiger partial charge in [-0.25, -0.2) is 4.79 Å². The number of aryl methyl sites for hydroxylation is 2. The lowest BCUT2D eigenvalue weighted by Crippen LogP contribution is -2.05. The van der Waals surface area contributed by atoms with Gasteiger partial charge < -0.3 is 9.67 Å². The molecule has 0 fully saturated rings. The van der Waals surface area contributed by atoms with Gasteiger partial charge in [0.1, 0.15) is 5.69 Å². The average Bonchev–Trinajstić information content (AvgIpc) is 2.48. The maximum Gasteiger partial charge on any atom is 0.352 e. The van der Waals surface area contributed by atoms with Crippen LogP contribution in [-0.4, -0.2) is 15.6 Å². The molecule has 0 aliphatic carbocycles. The summed E-state index contributed by atoms with van der Waals surface area (Å²) in [4.78, 5) is 11.2. The number of carboxylic acids is 1. The molecule has 0 radical (unpaired) electrons. The fourth-order valence-corrected chi connectivity index (χ4v) is 2.73. The van der Waals surface area contributed by atoms with Gasteiger partial charge in [-0.05, 0) is 18.6 Å². The van der Waals surface area contributed by atoms with Gasteiger partial charge >= 0.3 is 5.97 Å². The first-order valence-corrected chi connectivity index (χ1v) is 5.85. The summed E-state index contributed by atoms with van der Waals surface area (Å²) in [5, 5.41) is 10.6. The molecule has 0 aliphatic rings. The molecule has 0 atom stereocenters. The number of halogens is 3. The Morgan fingerprint density at radius 1 is 1.29 bits per heavy atom. The number of fused-ring (bicyclic) bond motifs is 1. The third-order valence-corrected chi connectivity index (χ3v) is 4.03. The van der Waals surface area contributed by atoms with Crippen molar-refractivity contribution in [1.82, 2.24) is 4.57 Å². The highest BCUT2D eigenvalue weighted by Crippen LogP contribution is 2.40. The van der Waals surface area contributed by atoms with E-state index in [1.165, 1.54) is 0 Å². The standard InChI is InChI=1S/C11H8Cl3NO2/c1-4-7-6(15(2)10(4)11(16)17)3-5(12)8(13)9(7)14/h3H,1-2H3,(H,16,17). The lowest BCUT2D eigenvalue weighted by molar-refractivity contribution is 0.0686. The highest BCUT2D eigenvalue weighted by atomic mass is 35.5. The third kappa shape index (κ3) is 1.69. The van der Waals surface area contributed by atoms with E-state index in [1.807, 2.05) is 0 Å². The Bertz CT molecular complexity index is 646. The van der Waals surface area contributed by atoms with Crippen molar-refractivity contribution in [1.29, 1.82) is 0 Å². The molecular formula is C11H8Cl3NO2. The van der Waals surface area contributed by atoms with Crippen molar-refractivity contribution < 1.29 is 9.90 Å². The Morgan fingerprint density at radius 2 is 1.88 bits per heavy atom. The van der Waals surface area contributed by atoms with Crippen LogP contribution < -0.4 is 0 Å². The largest absolute Gasteiger partial charge is 0.477 e. The van der Waals surface area contributed by atoms with Gasteiger partial charge in [-0.3, -0.25) is 0 Å². The van der Waals surface area contributed by atoms with Crippen LogP contribution in [0.5, 0.6) is 0 Å². The number of aromatic carboxylic acids is 1. The van der Waals surface area contributed by atoms with Gasteiger partial charge in [0.15, 0.2) is 0 Å². The predicted octanol–water partition coefficient (Wildman–Crippen LogP) is 4.15. The molecule has 2 rings (SSSR count). The summed E-state index contributed by atoms with van der Waals surface area (Å²) in [6, 6.07) is 1.62. The average molecular weight is 293 g/mol. The number of nitrogens with zero attached hydrogens (tertiary/aromatic N) is 1. The first-order valence-electron chi connectivity index (χ1n) is 4.72. The molecule has 2 aromatic rings. The van der Waals surface area contributed by atoms with Crippen LogP contribution in [0.25, 0.3) is 10.9 Å². The Hall–Kier alpha value is -0.900. The van der Waals surface area contributed by atoms with E-state index in [-0.39, 0.29) is 15.7 Å². The number of rotatable bonds is 1. The van der Waals surface area contributed by atoms with Crippen molar-refractivity contribution in [3.63, 3.8) is 0 Å². The van der Waals surface area contributed by atoms with Gasteiger partial charge in [-0.15, -0.1) is 0 Å². The van der Waals surface area contributed by atoms with Gasteiger partial charge in [-0.1, -0.05) is 34.8 Å². The zero-order valence-electron chi connectivity index (χ0n) is 9.01. The fraction of sp³-hybridized carbons (Fsp3) is 0.182. The first-order chi connectivity index (χ1) is 7.86. The molecule has 1 N–H and O–H groups in total. The normalized spacial score (nSPS) is 11.1.